The Labute approximate surface area is 128 Å². The van der Waals surface area contributed by atoms with Crippen LogP contribution in [0.15, 0.2) is 54.7 Å². The average molecular weight is 299 g/mol. The molecule has 0 spiro atoms. The molecule has 0 bridgehead atoms. The maximum atomic E-state index is 6.42. The lowest BCUT2D eigenvalue weighted by Crippen LogP contribution is -2.05. The van der Waals surface area contributed by atoms with Gasteiger partial charge in [0.2, 0.25) is 0 Å². The van der Waals surface area contributed by atoms with Crippen molar-refractivity contribution in [3.05, 3.63) is 65.3 Å². The van der Waals surface area contributed by atoms with Gasteiger partial charge in [-0.2, -0.15) is 0 Å². The van der Waals surface area contributed by atoms with Crippen LogP contribution < -0.4 is 5.32 Å². The number of aromatic nitrogens is 3. The van der Waals surface area contributed by atoms with E-state index in [1.165, 1.54) is 0 Å². The summed E-state index contributed by atoms with van der Waals surface area (Å²) in [5.74, 6) is 0. The molecule has 106 valence electrons. The van der Waals surface area contributed by atoms with Crippen molar-refractivity contribution in [2.75, 3.05) is 7.05 Å². The molecule has 4 nitrogen and oxygen atoms in total. The number of hydrogen-bond donors (Lipinski definition) is 1. The highest BCUT2D eigenvalue weighted by atomic mass is 35.5. The maximum absolute atomic E-state index is 6.42. The number of nitrogens with one attached hydrogen (secondary N) is 1. The Morgan fingerprint density at radius 2 is 1.95 bits per heavy atom. The van der Waals surface area contributed by atoms with Gasteiger partial charge in [-0.15, -0.1) is 5.10 Å². The van der Waals surface area contributed by atoms with Crippen molar-refractivity contribution < 1.29 is 0 Å². The van der Waals surface area contributed by atoms with E-state index in [1.807, 2.05) is 49.5 Å². The minimum atomic E-state index is 0.697. The first-order valence-electron chi connectivity index (χ1n) is 6.69. The third-order valence-electron chi connectivity index (χ3n) is 3.24. The second-order valence-corrected chi connectivity index (χ2v) is 5.12. The van der Waals surface area contributed by atoms with Gasteiger partial charge < -0.3 is 5.32 Å². The molecular formula is C16H15ClN4. The summed E-state index contributed by atoms with van der Waals surface area (Å²) in [7, 11) is 1.91. The first-order chi connectivity index (χ1) is 10.3. The molecule has 0 aliphatic carbocycles. The fraction of sp³-hybridized carbons (Fsp3) is 0.125. The summed E-state index contributed by atoms with van der Waals surface area (Å²) >= 11 is 6.42. The molecule has 3 aromatic rings. The van der Waals surface area contributed by atoms with E-state index < -0.39 is 0 Å². The molecule has 0 saturated heterocycles. The minimum Gasteiger partial charge on any atom is -0.316 e. The standard InChI is InChI=1S/C16H15ClN4/c1-18-10-12-7-8-14(15(17)9-12)16-11-19-20-21(16)13-5-3-2-4-6-13/h2-9,11,18H,10H2,1H3. The van der Waals surface area contributed by atoms with Crippen LogP contribution in [0.1, 0.15) is 5.56 Å². The molecule has 0 atom stereocenters. The van der Waals surface area contributed by atoms with E-state index in [9.17, 15) is 0 Å². The summed E-state index contributed by atoms with van der Waals surface area (Å²) in [6.07, 6.45) is 1.73. The third-order valence-corrected chi connectivity index (χ3v) is 3.55. The first-order valence-corrected chi connectivity index (χ1v) is 7.07. The molecular weight excluding hydrogens is 284 g/mol. The summed E-state index contributed by atoms with van der Waals surface area (Å²) in [5, 5.41) is 12.0. The largest absolute Gasteiger partial charge is 0.316 e. The predicted molar refractivity (Wildman–Crippen MR) is 84.6 cm³/mol. The van der Waals surface area contributed by atoms with E-state index in [2.05, 4.69) is 21.7 Å². The summed E-state index contributed by atoms with van der Waals surface area (Å²) < 4.78 is 1.79. The van der Waals surface area contributed by atoms with Gasteiger partial charge in [0.05, 0.1) is 22.6 Å². The van der Waals surface area contributed by atoms with Crippen molar-refractivity contribution in [1.29, 1.82) is 0 Å². The van der Waals surface area contributed by atoms with Crippen molar-refractivity contribution in [2.24, 2.45) is 0 Å². The molecule has 1 heterocycles. The second-order valence-electron chi connectivity index (χ2n) is 4.71. The van der Waals surface area contributed by atoms with Crippen LogP contribution in [-0.4, -0.2) is 22.0 Å². The van der Waals surface area contributed by atoms with Crippen LogP contribution in [0.25, 0.3) is 16.9 Å². The van der Waals surface area contributed by atoms with Gasteiger partial charge in [0.1, 0.15) is 0 Å². The van der Waals surface area contributed by atoms with E-state index in [0.717, 1.165) is 29.1 Å². The monoisotopic (exact) mass is 298 g/mol. The van der Waals surface area contributed by atoms with Crippen molar-refractivity contribution in [3.8, 4) is 16.9 Å². The van der Waals surface area contributed by atoms with Crippen LogP contribution in [-0.2, 0) is 6.54 Å². The Morgan fingerprint density at radius 3 is 2.67 bits per heavy atom. The van der Waals surface area contributed by atoms with Crippen molar-refractivity contribution >= 4 is 11.6 Å². The first kappa shape index (κ1) is 13.8. The number of benzene rings is 2. The number of nitrogens with zero attached hydrogens (tertiary/aromatic N) is 3. The highest BCUT2D eigenvalue weighted by molar-refractivity contribution is 6.33. The van der Waals surface area contributed by atoms with Crippen LogP contribution in [0.3, 0.4) is 0 Å². The number of halogens is 1. The van der Waals surface area contributed by atoms with Crippen LogP contribution in [0.5, 0.6) is 0 Å². The van der Waals surface area contributed by atoms with Gasteiger partial charge in [0, 0.05) is 12.1 Å². The zero-order chi connectivity index (χ0) is 14.7. The van der Waals surface area contributed by atoms with Crippen LogP contribution in [0.2, 0.25) is 5.02 Å². The molecule has 0 unspecified atom stereocenters. The zero-order valence-electron chi connectivity index (χ0n) is 11.6. The summed E-state index contributed by atoms with van der Waals surface area (Å²) in [6, 6.07) is 15.9. The fourth-order valence-electron chi connectivity index (χ4n) is 2.26. The normalized spacial score (nSPS) is 10.8. The lowest BCUT2D eigenvalue weighted by molar-refractivity contribution is 0.807. The highest BCUT2D eigenvalue weighted by Gasteiger charge is 2.12. The Hall–Kier alpha value is -2.17. The smallest absolute Gasteiger partial charge is 0.0959 e. The molecule has 0 saturated carbocycles. The molecule has 21 heavy (non-hydrogen) atoms. The van der Waals surface area contributed by atoms with Crippen LogP contribution in [0, 0.1) is 0 Å². The molecule has 0 aliphatic rings. The number of para-hydroxylation sites is 1. The van der Waals surface area contributed by atoms with Gasteiger partial charge in [-0.1, -0.05) is 47.1 Å². The van der Waals surface area contributed by atoms with Gasteiger partial charge in [-0.25, -0.2) is 4.68 Å². The molecule has 0 aliphatic heterocycles. The fourth-order valence-corrected chi connectivity index (χ4v) is 2.56. The molecule has 1 aromatic heterocycles. The summed E-state index contributed by atoms with van der Waals surface area (Å²) in [6.45, 7) is 0.788. The van der Waals surface area contributed by atoms with Gasteiger partial charge in [0.15, 0.2) is 0 Å². The van der Waals surface area contributed by atoms with E-state index >= 15 is 0 Å². The number of rotatable bonds is 4. The van der Waals surface area contributed by atoms with Crippen LogP contribution >= 0.6 is 11.6 Å². The van der Waals surface area contributed by atoms with Gasteiger partial charge in [-0.05, 0) is 30.8 Å². The highest BCUT2D eigenvalue weighted by Crippen LogP contribution is 2.29. The molecule has 0 fully saturated rings. The molecule has 1 N–H and O–H groups in total. The number of hydrogen-bond acceptors (Lipinski definition) is 3. The van der Waals surface area contributed by atoms with Crippen LogP contribution in [0.4, 0.5) is 0 Å². The zero-order valence-corrected chi connectivity index (χ0v) is 12.4. The van der Waals surface area contributed by atoms with E-state index in [1.54, 1.807) is 10.9 Å². The van der Waals surface area contributed by atoms with Gasteiger partial charge >= 0.3 is 0 Å². The molecule has 3 rings (SSSR count). The topological polar surface area (TPSA) is 42.7 Å². The lowest BCUT2D eigenvalue weighted by Gasteiger charge is -2.09. The summed E-state index contributed by atoms with van der Waals surface area (Å²) in [5.41, 5.74) is 3.90. The molecule has 2 aromatic carbocycles. The summed E-state index contributed by atoms with van der Waals surface area (Å²) in [4.78, 5) is 0. The van der Waals surface area contributed by atoms with E-state index in [-0.39, 0.29) is 0 Å². The molecule has 5 heteroatoms. The van der Waals surface area contributed by atoms with Gasteiger partial charge in [-0.3, -0.25) is 0 Å². The third kappa shape index (κ3) is 2.82. The Morgan fingerprint density at radius 1 is 1.14 bits per heavy atom. The van der Waals surface area contributed by atoms with Crippen molar-refractivity contribution in [1.82, 2.24) is 20.3 Å². The quantitative estimate of drug-likeness (QED) is 0.803. The van der Waals surface area contributed by atoms with Gasteiger partial charge in [0.25, 0.3) is 0 Å². The predicted octanol–water partition coefficient (Wildman–Crippen LogP) is 3.31. The van der Waals surface area contributed by atoms with E-state index in [4.69, 9.17) is 11.6 Å². The van der Waals surface area contributed by atoms with Crippen molar-refractivity contribution in [3.63, 3.8) is 0 Å². The SMILES string of the molecule is CNCc1ccc(-c2cnnn2-c2ccccc2)c(Cl)c1. The maximum Gasteiger partial charge on any atom is 0.0959 e. The van der Waals surface area contributed by atoms with Crippen molar-refractivity contribution in [2.45, 2.75) is 6.54 Å². The Bertz CT molecular complexity index is 737. The average Bonchev–Trinajstić information content (AvgIpc) is 2.98. The second kappa shape index (κ2) is 6.08. The molecule has 0 amide bonds. The Balaban J connectivity index is 2.04. The lowest BCUT2D eigenvalue weighted by atomic mass is 10.1. The minimum absolute atomic E-state index is 0.697. The van der Waals surface area contributed by atoms with E-state index in [0.29, 0.717) is 5.02 Å². The molecule has 0 radical (unpaired) electrons. The Kier molecular flexibility index (Phi) is 3.99.